The van der Waals surface area contributed by atoms with Crippen LogP contribution in [-0.2, 0) is 4.79 Å². The third-order valence-electron chi connectivity index (χ3n) is 2.87. The van der Waals surface area contributed by atoms with Crippen molar-refractivity contribution in [2.45, 2.75) is 20.3 Å². The van der Waals surface area contributed by atoms with Crippen molar-refractivity contribution in [2.75, 3.05) is 11.9 Å². The van der Waals surface area contributed by atoms with Crippen molar-refractivity contribution in [3.05, 3.63) is 29.6 Å². The third-order valence-corrected chi connectivity index (χ3v) is 3.83. The van der Waals surface area contributed by atoms with E-state index in [9.17, 15) is 4.79 Å². The SMILES string of the molecule is CC(C)(CNc1csc2ccccc12)CC(=O)O. The smallest absolute Gasteiger partial charge is 0.303 e. The van der Waals surface area contributed by atoms with E-state index in [0.29, 0.717) is 6.54 Å². The van der Waals surface area contributed by atoms with Gasteiger partial charge in [-0.15, -0.1) is 11.3 Å². The lowest BCUT2D eigenvalue weighted by Gasteiger charge is -2.23. The van der Waals surface area contributed by atoms with E-state index in [-0.39, 0.29) is 11.8 Å². The maximum absolute atomic E-state index is 10.8. The maximum Gasteiger partial charge on any atom is 0.303 e. The minimum absolute atomic E-state index is 0.169. The number of carboxylic acid groups (broad SMARTS) is 1. The quantitative estimate of drug-likeness (QED) is 0.862. The van der Waals surface area contributed by atoms with E-state index in [2.05, 4.69) is 22.8 Å². The Morgan fingerprint density at radius 3 is 2.83 bits per heavy atom. The molecule has 0 fully saturated rings. The van der Waals surface area contributed by atoms with Crippen LogP contribution in [0.2, 0.25) is 0 Å². The standard InChI is InChI=1S/C14H17NO2S/c1-14(2,7-13(16)17)9-15-11-8-18-12-6-4-3-5-10(11)12/h3-6,8,15H,7,9H2,1-2H3,(H,16,17). The van der Waals surface area contributed by atoms with Gasteiger partial charge >= 0.3 is 5.97 Å². The number of nitrogens with one attached hydrogen (secondary N) is 1. The van der Waals surface area contributed by atoms with Gasteiger partial charge in [0.1, 0.15) is 0 Å². The molecule has 0 aliphatic rings. The number of carboxylic acids is 1. The van der Waals surface area contributed by atoms with Crippen molar-refractivity contribution in [1.29, 1.82) is 0 Å². The summed E-state index contributed by atoms with van der Waals surface area (Å²) in [7, 11) is 0. The number of benzene rings is 1. The average molecular weight is 263 g/mol. The number of fused-ring (bicyclic) bond motifs is 1. The second kappa shape index (κ2) is 4.98. The summed E-state index contributed by atoms with van der Waals surface area (Å²) in [6.45, 7) is 4.57. The fraction of sp³-hybridized carbons (Fsp3) is 0.357. The van der Waals surface area contributed by atoms with E-state index >= 15 is 0 Å². The van der Waals surface area contributed by atoms with Gasteiger partial charge in [-0.25, -0.2) is 0 Å². The van der Waals surface area contributed by atoms with Crippen molar-refractivity contribution in [3.63, 3.8) is 0 Å². The van der Waals surface area contributed by atoms with E-state index in [4.69, 9.17) is 5.11 Å². The highest BCUT2D eigenvalue weighted by Crippen LogP contribution is 2.31. The predicted octanol–water partition coefficient (Wildman–Crippen LogP) is 3.81. The molecule has 2 aromatic rings. The molecule has 1 heterocycles. The van der Waals surface area contributed by atoms with Gasteiger partial charge in [-0.05, 0) is 11.5 Å². The molecular weight excluding hydrogens is 246 g/mol. The van der Waals surface area contributed by atoms with E-state index in [1.165, 1.54) is 10.1 Å². The molecule has 1 aromatic heterocycles. The Bertz CT molecular complexity index is 560. The van der Waals surface area contributed by atoms with Crippen LogP contribution in [0.5, 0.6) is 0 Å². The van der Waals surface area contributed by atoms with Crippen LogP contribution in [0.25, 0.3) is 10.1 Å². The van der Waals surface area contributed by atoms with Crippen molar-refractivity contribution < 1.29 is 9.90 Å². The second-order valence-electron chi connectivity index (χ2n) is 5.23. The topological polar surface area (TPSA) is 49.3 Å². The monoisotopic (exact) mass is 263 g/mol. The first-order chi connectivity index (χ1) is 8.48. The van der Waals surface area contributed by atoms with Gasteiger partial charge in [0.2, 0.25) is 0 Å². The van der Waals surface area contributed by atoms with Gasteiger partial charge < -0.3 is 10.4 Å². The molecule has 0 unspecified atom stereocenters. The number of aliphatic carboxylic acids is 1. The van der Waals surface area contributed by atoms with Crippen LogP contribution in [0.15, 0.2) is 29.6 Å². The number of carbonyl (C=O) groups is 1. The first kappa shape index (κ1) is 12.9. The summed E-state index contributed by atoms with van der Waals surface area (Å²) >= 11 is 1.70. The van der Waals surface area contributed by atoms with Gasteiger partial charge in [0.05, 0.1) is 12.1 Å². The average Bonchev–Trinajstić information content (AvgIpc) is 2.68. The summed E-state index contributed by atoms with van der Waals surface area (Å²) in [5.74, 6) is -0.753. The number of hydrogen-bond donors (Lipinski definition) is 2. The van der Waals surface area contributed by atoms with Crippen LogP contribution in [0, 0.1) is 5.41 Å². The van der Waals surface area contributed by atoms with Crippen LogP contribution < -0.4 is 5.32 Å². The lowest BCUT2D eigenvalue weighted by molar-refractivity contribution is -0.139. The number of hydrogen-bond acceptors (Lipinski definition) is 3. The van der Waals surface area contributed by atoms with Gasteiger partial charge in [-0.2, -0.15) is 0 Å². The summed E-state index contributed by atoms with van der Waals surface area (Å²) in [4.78, 5) is 10.8. The number of rotatable bonds is 5. The van der Waals surface area contributed by atoms with Gasteiger partial charge in [-0.3, -0.25) is 4.79 Å². The Morgan fingerprint density at radius 1 is 1.39 bits per heavy atom. The predicted molar refractivity (Wildman–Crippen MR) is 76.3 cm³/mol. The van der Waals surface area contributed by atoms with Gasteiger partial charge in [0.25, 0.3) is 0 Å². The molecule has 0 atom stereocenters. The van der Waals surface area contributed by atoms with Gasteiger partial charge in [-0.1, -0.05) is 32.0 Å². The highest BCUT2D eigenvalue weighted by atomic mass is 32.1. The maximum atomic E-state index is 10.8. The van der Waals surface area contributed by atoms with Crippen LogP contribution in [0.1, 0.15) is 20.3 Å². The second-order valence-corrected chi connectivity index (χ2v) is 6.15. The molecule has 4 heteroatoms. The highest BCUT2D eigenvalue weighted by molar-refractivity contribution is 7.17. The molecule has 0 radical (unpaired) electrons. The fourth-order valence-electron chi connectivity index (χ4n) is 1.92. The zero-order valence-corrected chi connectivity index (χ0v) is 11.4. The molecule has 96 valence electrons. The van der Waals surface area contributed by atoms with Crippen molar-refractivity contribution in [1.82, 2.24) is 0 Å². The first-order valence-corrected chi connectivity index (χ1v) is 6.78. The molecule has 3 nitrogen and oxygen atoms in total. The molecule has 0 amide bonds. The number of thiophene rings is 1. The Kier molecular flexibility index (Phi) is 3.57. The molecule has 1 aromatic carbocycles. The third kappa shape index (κ3) is 3.01. The van der Waals surface area contributed by atoms with Crippen LogP contribution in [0.3, 0.4) is 0 Å². The van der Waals surface area contributed by atoms with Crippen LogP contribution >= 0.6 is 11.3 Å². The molecule has 18 heavy (non-hydrogen) atoms. The molecule has 0 aliphatic heterocycles. The summed E-state index contributed by atoms with van der Waals surface area (Å²) in [6.07, 6.45) is 0.169. The highest BCUT2D eigenvalue weighted by Gasteiger charge is 2.21. The van der Waals surface area contributed by atoms with Crippen molar-refractivity contribution in [2.24, 2.45) is 5.41 Å². The molecule has 0 saturated carbocycles. The van der Waals surface area contributed by atoms with E-state index < -0.39 is 5.97 Å². The Labute approximate surface area is 110 Å². The van der Waals surface area contributed by atoms with E-state index in [1.54, 1.807) is 11.3 Å². The van der Waals surface area contributed by atoms with Crippen molar-refractivity contribution in [3.8, 4) is 0 Å². The largest absolute Gasteiger partial charge is 0.481 e. The minimum atomic E-state index is -0.753. The lowest BCUT2D eigenvalue weighted by Crippen LogP contribution is -2.26. The van der Waals surface area contributed by atoms with Gasteiger partial charge in [0, 0.05) is 22.0 Å². The minimum Gasteiger partial charge on any atom is -0.481 e. The summed E-state index contributed by atoms with van der Waals surface area (Å²) < 4.78 is 1.25. The normalized spacial score (nSPS) is 11.7. The van der Waals surface area contributed by atoms with E-state index in [1.807, 2.05) is 26.0 Å². The summed E-state index contributed by atoms with van der Waals surface area (Å²) in [5, 5.41) is 15.5. The lowest BCUT2D eigenvalue weighted by atomic mass is 9.89. The van der Waals surface area contributed by atoms with Crippen LogP contribution in [-0.4, -0.2) is 17.6 Å². The van der Waals surface area contributed by atoms with Crippen LogP contribution in [0.4, 0.5) is 5.69 Å². The zero-order chi connectivity index (χ0) is 13.2. The van der Waals surface area contributed by atoms with E-state index in [0.717, 1.165) is 5.69 Å². The van der Waals surface area contributed by atoms with Gasteiger partial charge in [0.15, 0.2) is 0 Å². The molecule has 2 N–H and O–H groups in total. The molecule has 2 rings (SSSR count). The van der Waals surface area contributed by atoms with Crippen molar-refractivity contribution >= 4 is 33.1 Å². The summed E-state index contributed by atoms with van der Waals surface area (Å²) in [5.41, 5.74) is 0.837. The molecular formula is C14H17NO2S. The Morgan fingerprint density at radius 2 is 2.11 bits per heavy atom. The Balaban J connectivity index is 2.08. The summed E-state index contributed by atoms with van der Waals surface area (Å²) in [6, 6.07) is 8.21. The fourth-order valence-corrected chi connectivity index (χ4v) is 2.84. The zero-order valence-electron chi connectivity index (χ0n) is 10.6. The molecule has 0 spiro atoms. The Hall–Kier alpha value is -1.55. The number of anilines is 1. The first-order valence-electron chi connectivity index (χ1n) is 5.90. The molecule has 0 saturated heterocycles. The molecule has 0 bridgehead atoms. The molecule has 0 aliphatic carbocycles.